The fourth-order valence-electron chi connectivity index (χ4n) is 3.67. The average molecular weight is 463 g/mol. The van der Waals surface area contributed by atoms with Crippen molar-refractivity contribution in [2.24, 2.45) is 0 Å². The first-order chi connectivity index (χ1) is 16.0. The van der Waals surface area contributed by atoms with Crippen LogP contribution in [-0.4, -0.2) is 21.2 Å². The van der Waals surface area contributed by atoms with Crippen molar-refractivity contribution in [3.8, 4) is 11.1 Å². The lowest BCUT2D eigenvalue weighted by Gasteiger charge is -2.15. The van der Waals surface area contributed by atoms with Gasteiger partial charge in [0.15, 0.2) is 0 Å². The van der Waals surface area contributed by atoms with E-state index in [2.05, 4.69) is 27.2 Å². The van der Waals surface area contributed by atoms with Crippen LogP contribution in [0.1, 0.15) is 47.2 Å². The lowest BCUT2D eigenvalue weighted by Crippen LogP contribution is -2.05. The Hall–Kier alpha value is -3.38. The number of unbranched alkanes of at least 4 members (excludes halogenated alkanes) is 1. The van der Waals surface area contributed by atoms with Crippen molar-refractivity contribution >= 4 is 34.5 Å². The molecule has 2 heterocycles. The van der Waals surface area contributed by atoms with Gasteiger partial charge in [-0.15, -0.1) is 0 Å². The quantitative estimate of drug-likeness (QED) is 0.300. The molecule has 0 fully saturated rings. The van der Waals surface area contributed by atoms with Gasteiger partial charge in [-0.2, -0.15) is 0 Å². The lowest BCUT2D eigenvalue weighted by molar-refractivity contribution is 0.112. The predicted molar refractivity (Wildman–Crippen MR) is 130 cm³/mol. The molecule has 0 saturated carbocycles. The molecule has 7 heteroatoms. The van der Waals surface area contributed by atoms with Crippen molar-refractivity contribution in [1.82, 2.24) is 15.0 Å². The molecule has 4 rings (SSSR count). The Morgan fingerprint density at radius 2 is 1.88 bits per heavy atom. The summed E-state index contributed by atoms with van der Waals surface area (Å²) < 4.78 is 14.3. The Kier molecular flexibility index (Phi) is 6.94. The molecule has 2 aromatic carbocycles. The Morgan fingerprint density at radius 3 is 2.61 bits per heavy atom. The summed E-state index contributed by atoms with van der Waals surface area (Å²) in [4.78, 5) is 24.7. The highest BCUT2D eigenvalue weighted by atomic mass is 35.5. The van der Waals surface area contributed by atoms with Gasteiger partial charge in [-0.25, -0.2) is 14.4 Å². The van der Waals surface area contributed by atoms with Crippen LogP contribution in [-0.2, 0) is 13.0 Å². The van der Waals surface area contributed by atoms with Crippen molar-refractivity contribution in [3.63, 3.8) is 0 Å². The van der Waals surface area contributed by atoms with Gasteiger partial charge in [-0.1, -0.05) is 31.0 Å². The van der Waals surface area contributed by atoms with Gasteiger partial charge in [0.1, 0.15) is 17.9 Å². The van der Waals surface area contributed by atoms with Gasteiger partial charge < -0.3 is 5.32 Å². The number of aromatic nitrogens is 3. The summed E-state index contributed by atoms with van der Waals surface area (Å²) in [6.45, 7) is 4.14. The van der Waals surface area contributed by atoms with Crippen LogP contribution in [0, 0.1) is 12.7 Å². The maximum Gasteiger partial charge on any atom is 0.150 e. The van der Waals surface area contributed by atoms with Crippen molar-refractivity contribution in [3.05, 3.63) is 82.3 Å². The van der Waals surface area contributed by atoms with Crippen LogP contribution in [0.15, 0.2) is 48.8 Å². The molecule has 0 aliphatic rings. The third-order valence-electron chi connectivity index (χ3n) is 5.55. The first kappa shape index (κ1) is 22.8. The number of hydrogen-bond acceptors (Lipinski definition) is 5. The third-order valence-corrected chi connectivity index (χ3v) is 6.01. The number of pyridine rings is 1. The van der Waals surface area contributed by atoms with Crippen LogP contribution >= 0.6 is 11.6 Å². The van der Waals surface area contributed by atoms with E-state index in [1.54, 1.807) is 0 Å². The number of benzene rings is 2. The fourth-order valence-corrected chi connectivity index (χ4v) is 3.88. The summed E-state index contributed by atoms with van der Waals surface area (Å²) in [6.07, 6.45) is 7.38. The molecule has 0 aliphatic carbocycles. The van der Waals surface area contributed by atoms with Gasteiger partial charge in [-0.3, -0.25) is 9.78 Å². The van der Waals surface area contributed by atoms with E-state index >= 15 is 0 Å². The number of rotatable bonds is 8. The first-order valence-corrected chi connectivity index (χ1v) is 11.3. The van der Waals surface area contributed by atoms with Crippen molar-refractivity contribution in [2.75, 3.05) is 5.32 Å². The maximum absolute atomic E-state index is 14.3. The van der Waals surface area contributed by atoms with Gasteiger partial charge in [-0.05, 0) is 49.2 Å². The molecule has 0 spiro atoms. The zero-order valence-electron chi connectivity index (χ0n) is 18.5. The fraction of sp³-hybridized carbons (Fsp3) is 0.231. The van der Waals surface area contributed by atoms with E-state index in [0.717, 1.165) is 47.1 Å². The molecule has 0 atom stereocenters. The molecule has 0 saturated heterocycles. The van der Waals surface area contributed by atoms with E-state index in [1.807, 2.05) is 37.5 Å². The molecular weight excluding hydrogens is 439 g/mol. The van der Waals surface area contributed by atoms with Gasteiger partial charge >= 0.3 is 0 Å². The number of anilines is 1. The molecule has 0 bridgehead atoms. The average Bonchev–Trinajstić information content (AvgIpc) is 2.84. The minimum atomic E-state index is -0.389. The molecule has 0 radical (unpaired) electrons. The Balaban J connectivity index is 1.70. The molecule has 0 amide bonds. The number of aryl methyl sites for hydroxylation is 2. The Bertz CT molecular complexity index is 1310. The van der Waals surface area contributed by atoms with E-state index in [0.29, 0.717) is 33.8 Å². The number of fused-ring (bicyclic) bond motifs is 1. The van der Waals surface area contributed by atoms with Crippen LogP contribution in [0.2, 0.25) is 5.02 Å². The van der Waals surface area contributed by atoms with Crippen molar-refractivity contribution < 1.29 is 9.18 Å². The van der Waals surface area contributed by atoms with Gasteiger partial charge in [0.05, 0.1) is 21.9 Å². The number of carbonyl (C=O) groups is 1. The van der Waals surface area contributed by atoms with Crippen molar-refractivity contribution in [1.29, 1.82) is 0 Å². The molecule has 0 aliphatic heterocycles. The summed E-state index contributed by atoms with van der Waals surface area (Å²) >= 11 is 6.60. The molecular formula is C26H24ClFN4O. The van der Waals surface area contributed by atoms with E-state index in [-0.39, 0.29) is 12.4 Å². The van der Waals surface area contributed by atoms with E-state index in [9.17, 15) is 9.18 Å². The summed E-state index contributed by atoms with van der Waals surface area (Å²) in [6, 6.07) is 10.2. The van der Waals surface area contributed by atoms with Gasteiger partial charge in [0.2, 0.25) is 0 Å². The zero-order chi connectivity index (χ0) is 23.4. The van der Waals surface area contributed by atoms with Crippen molar-refractivity contribution in [2.45, 2.75) is 39.7 Å². The number of nitrogens with zero attached hydrogens (tertiary/aromatic N) is 3. The van der Waals surface area contributed by atoms with Crippen LogP contribution in [0.5, 0.6) is 0 Å². The predicted octanol–water partition coefficient (Wildman–Crippen LogP) is 6.56. The van der Waals surface area contributed by atoms with Crippen LogP contribution in [0.4, 0.5) is 10.1 Å². The monoisotopic (exact) mass is 462 g/mol. The second-order valence-electron chi connectivity index (χ2n) is 7.93. The Morgan fingerprint density at radius 1 is 1.09 bits per heavy atom. The largest absolute Gasteiger partial charge is 0.379 e. The van der Waals surface area contributed by atoms with Crippen LogP contribution < -0.4 is 5.32 Å². The van der Waals surface area contributed by atoms with Gasteiger partial charge in [0.25, 0.3) is 0 Å². The number of nitrogens with one attached hydrogen (secondary N) is 1. The first-order valence-electron chi connectivity index (χ1n) is 10.9. The topological polar surface area (TPSA) is 67.8 Å². The minimum Gasteiger partial charge on any atom is -0.379 e. The molecule has 168 valence electrons. The number of carbonyl (C=O) groups excluding carboxylic acids is 1. The van der Waals surface area contributed by atoms with Crippen LogP contribution in [0.3, 0.4) is 0 Å². The smallest absolute Gasteiger partial charge is 0.150 e. The molecule has 1 N–H and O–H groups in total. The highest BCUT2D eigenvalue weighted by Crippen LogP contribution is 2.35. The molecule has 4 aromatic rings. The van der Waals surface area contributed by atoms with E-state index in [4.69, 9.17) is 11.6 Å². The van der Waals surface area contributed by atoms with Gasteiger partial charge in [0, 0.05) is 47.4 Å². The van der Waals surface area contributed by atoms with E-state index < -0.39 is 0 Å². The number of hydrogen-bond donors (Lipinski definition) is 1. The molecule has 0 unspecified atom stereocenters. The normalized spacial score (nSPS) is 11.0. The molecule has 2 aromatic heterocycles. The Labute approximate surface area is 197 Å². The third kappa shape index (κ3) is 5.01. The van der Waals surface area contributed by atoms with E-state index in [1.165, 1.54) is 18.2 Å². The summed E-state index contributed by atoms with van der Waals surface area (Å²) in [5.74, 6) is 0.448. The number of aldehydes is 1. The lowest BCUT2D eigenvalue weighted by atomic mass is 10.0. The summed E-state index contributed by atoms with van der Waals surface area (Å²) in [7, 11) is 0. The minimum absolute atomic E-state index is 0.172. The SMILES string of the molecule is CCCCc1ncc(-c2ccc3nc(C)c(Cl)c(NCc4cc(C=O)ccc4F)c3c2)cn1. The zero-order valence-corrected chi connectivity index (χ0v) is 19.3. The number of halogens is 2. The maximum atomic E-state index is 14.3. The van der Waals surface area contributed by atoms with Crippen LogP contribution in [0.25, 0.3) is 22.0 Å². The molecule has 5 nitrogen and oxygen atoms in total. The summed E-state index contributed by atoms with van der Waals surface area (Å²) in [5, 5.41) is 4.54. The second-order valence-corrected chi connectivity index (χ2v) is 8.31. The summed E-state index contributed by atoms with van der Waals surface area (Å²) in [5.41, 5.74) is 4.73. The standard InChI is InChI=1S/C26H24ClFN4O/c1-3-4-5-24-29-13-20(14-30-24)18-7-9-23-21(11-18)26(25(27)16(2)32-23)31-12-19-10-17(15-33)6-8-22(19)28/h6-11,13-15H,3-5,12H2,1-2H3,(H,31,32). The molecule has 33 heavy (non-hydrogen) atoms. The highest BCUT2D eigenvalue weighted by molar-refractivity contribution is 6.35. The second kappa shape index (κ2) is 10.0. The highest BCUT2D eigenvalue weighted by Gasteiger charge is 2.14.